The second-order valence-corrected chi connectivity index (χ2v) is 12.9. The van der Waals surface area contributed by atoms with E-state index in [1.165, 1.54) is 17.7 Å². The summed E-state index contributed by atoms with van der Waals surface area (Å²) in [6.45, 7) is 8.26. The summed E-state index contributed by atoms with van der Waals surface area (Å²) in [5, 5.41) is 10.2. The monoisotopic (exact) mass is 567 g/mol. The number of piperidine rings is 1. The molecule has 0 bridgehead atoms. The molecule has 1 N–H and O–H groups in total. The predicted molar refractivity (Wildman–Crippen MR) is 125 cm³/mol. The van der Waals surface area contributed by atoms with Gasteiger partial charge in [-0.05, 0) is 75.2 Å². The highest BCUT2D eigenvalue weighted by Crippen LogP contribution is 2.61. The number of hydrogen-bond acceptors (Lipinski definition) is 3. The first-order valence-electron chi connectivity index (χ1n) is 13.3. The molecule has 0 radical (unpaired) electrons. The number of hydrogen-bond donors (Lipinski definition) is 1. The number of ketones is 1. The van der Waals surface area contributed by atoms with E-state index in [0.29, 0.717) is 47.5 Å². The van der Waals surface area contributed by atoms with E-state index in [1.807, 2.05) is 0 Å². The molecule has 2 aliphatic heterocycles. The zero-order valence-corrected chi connectivity index (χ0v) is 23.2. The summed E-state index contributed by atoms with van der Waals surface area (Å²) in [6, 6.07) is 0.519. The number of fused-ring (bicyclic) bond motifs is 6. The molecule has 33 heavy (non-hydrogen) atoms. The SMILES string of the molecule is CC1=C2C(=O)[C@H]3[C@@H](CC=C4C[C@@H](O)CC[C@@H]43)[C@@H]2CC[C@]12O[C@@H]1C[C@H](C)C[N+](C)(C)[C@H]1[C@H]2C.[I-]. The number of carbonyl (C=O) groups is 1. The number of Topliss-reactive ketones (excluding diaryl/α,β-unsaturated/α-hetero) is 1. The van der Waals surface area contributed by atoms with Crippen LogP contribution in [0.5, 0.6) is 0 Å². The van der Waals surface area contributed by atoms with E-state index in [9.17, 15) is 9.90 Å². The van der Waals surface area contributed by atoms with Crippen molar-refractivity contribution in [2.24, 2.45) is 35.5 Å². The lowest BCUT2D eigenvalue weighted by Crippen LogP contribution is -3.00. The minimum atomic E-state index is -0.247. The lowest BCUT2D eigenvalue weighted by molar-refractivity contribution is -0.927. The second kappa shape index (κ2) is 8.14. The third-order valence-corrected chi connectivity index (χ3v) is 10.8. The van der Waals surface area contributed by atoms with Crippen LogP contribution in [-0.2, 0) is 9.53 Å². The molecule has 184 valence electrons. The van der Waals surface area contributed by atoms with Crippen LogP contribution in [0.1, 0.15) is 65.7 Å². The molecule has 6 aliphatic rings. The van der Waals surface area contributed by atoms with Crippen LogP contribution in [-0.4, -0.2) is 59.9 Å². The molecule has 2 heterocycles. The molecule has 4 fully saturated rings. The van der Waals surface area contributed by atoms with Crippen molar-refractivity contribution in [3.8, 4) is 0 Å². The van der Waals surface area contributed by atoms with Gasteiger partial charge in [-0.15, -0.1) is 0 Å². The zero-order chi connectivity index (χ0) is 22.6. The highest BCUT2D eigenvalue weighted by atomic mass is 127. The fraction of sp³-hybridized carbons (Fsp3) is 0.821. The predicted octanol–water partition coefficient (Wildman–Crippen LogP) is 1.28. The zero-order valence-electron chi connectivity index (χ0n) is 21.0. The van der Waals surface area contributed by atoms with E-state index < -0.39 is 0 Å². The van der Waals surface area contributed by atoms with Gasteiger partial charge in [-0.25, -0.2) is 0 Å². The lowest BCUT2D eigenvalue weighted by Gasteiger charge is -2.47. The van der Waals surface area contributed by atoms with Crippen LogP contribution in [0, 0.1) is 35.5 Å². The van der Waals surface area contributed by atoms with E-state index in [-0.39, 0.29) is 41.6 Å². The molecule has 0 aromatic carbocycles. The molecule has 0 aromatic heterocycles. The van der Waals surface area contributed by atoms with Crippen molar-refractivity contribution < 1.29 is 43.1 Å². The number of aliphatic hydroxyl groups excluding tert-OH is 1. The van der Waals surface area contributed by atoms with Gasteiger partial charge < -0.3 is 38.3 Å². The summed E-state index contributed by atoms with van der Waals surface area (Å²) < 4.78 is 8.12. The molecular weight excluding hydrogens is 525 g/mol. The maximum Gasteiger partial charge on any atom is 0.163 e. The summed E-state index contributed by atoms with van der Waals surface area (Å²) in [4.78, 5) is 14.1. The van der Waals surface area contributed by atoms with E-state index in [2.05, 4.69) is 40.9 Å². The number of halogens is 1. The van der Waals surface area contributed by atoms with Crippen LogP contribution in [0.25, 0.3) is 0 Å². The van der Waals surface area contributed by atoms with Crippen molar-refractivity contribution >= 4 is 5.78 Å². The number of rotatable bonds is 0. The first-order chi connectivity index (χ1) is 15.1. The molecular formula is C28H42INO3. The topological polar surface area (TPSA) is 46.5 Å². The molecule has 1 spiro atoms. The Morgan fingerprint density at radius 1 is 1.15 bits per heavy atom. The van der Waals surface area contributed by atoms with Gasteiger partial charge in [0.2, 0.25) is 0 Å². The summed E-state index contributed by atoms with van der Waals surface area (Å²) in [5.41, 5.74) is 3.58. The number of ether oxygens (including phenoxy) is 1. The maximum atomic E-state index is 14.1. The second-order valence-electron chi connectivity index (χ2n) is 12.9. The Labute approximate surface area is 216 Å². The van der Waals surface area contributed by atoms with Crippen molar-refractivity contribution in [3.05, 3.63) is 22.8 Å². The normalized spacial score (nSPS) is 50.2. The number of carbonyl (C=O) groups excluding carboxylic acids is 1. The number of likely N-dealkylation sites (tertiary alicyclic amines) is 1. The molecule has 4 aliphatic carbocycles. The first kappa shape index (κ1) is 24.5. The Morgan fingerprint density at radius 2 is 1.91 bits per heavy atom. The van der Waals surface area contributed by atoms with Crippen molar-refractivity contribution in [2.45, 2.75) is 89.6 Å². The molecule has 6 rings (SSSR count). The molecule has 5 heteroatoms. The van der Waals surface area contributed by atoms with Crippen LogP contribution >= 0.6 is 0 Å². The highest BCUT2D eigenvalue weighted by Gasteiger charge is 2.64. The smallest absolute Gasteiger partial charge is 0.163 e. The van der Waals surface area contributed by atoms with Crippen molar-refractivity contribution in [2.75, 3.05) is 20.6 Å². The van der Waals surface area contributed by atoms with Gasteiger partial charge in [-0.3, -0.25) is 4.79 Å². The van der Waals surface area contributed by atoms with Gasteiger partial charge in [-0.2, -0.15) is 0 Å². The van der Waals surface area contributed by atoms with E-state index >= 15 is 0 Å². The van der Waals surface area contributed by atoms with E-state index in [0.717, 1.165) is 55.0 Å². The highest BCUT2D eigenvalue weighted by molar-refractivity contribution is 6.02. The third-order valence-electron chi connectivity index (χ3n) is 10.8. The molecule has 4 nitrogen and oxygen atoms in total. The average Bonchev–Trinajstić information content (AvgIpc) is 3.17. The van der Waals surface area contributed by atoms with Gasteiger partial charge in [0, 0.05) is 23.3 Å². The van der Waals surface area contributed by atoms with E-state index in [1.54, 1.807) is 0 Å². The van der Waals surface area contributed by atoms with Crippen LogP contribution in [0.2, 0.25) is 0 Å². The van der Waals surface area contributed by atoms with Gasteiger partial charge in [0.05, 0.1) is 32.3 Å². The third kappa shape index (κ3) is 3.34. The Morgan fingerprint density at radius 3 is 2.67 bits per heavy atom. The molecule has 2 saturated heterocycles. The fourth-order valence-corrected chi connectivity index (χ4v) is 9.84. The Bertz CT molecular complexity index is 909. The molecule has 2 saturated carbocycles. The average molecular weight is 568 g/mol. The lowest BCUT2D eigenvalue weighted by atomic mass is 9.64. The molecule has 0 amide bonds. The summed E-state index contributed by atoms with van der Waals surface area (Å²) in [6.07, 6.45) is 9.45. The Balaban J connectivity index is 0.00000228. The van der Waals surface area contributed by atoms with Gasteiger partial charge in [0.25, 0.3) is 0 Å². The number of nitrogens with zero attached hydrogens (tertiary/aromatic N) is 1. The largest absolute Gasteiger partial charge is 1.00 e. The molecule has 10 atom stereocenters. The number of likely N-dealkylation sites (N-methyl/N-ethyl adjacent to an activating group) is 1. The number of quaternary nitrogens is 1. The van der Waals surface area contributed by atoms with Gasteiger partial charge >= 0.3 is 0 Å². The molecule has 0 unspecified atom stereocenters. The first-order valence-corrected chi connectivity index (χ1v) is 13.3. The standard InChI is InChI=1S/C28H42NO3.HI/c1-15-12-23-26(29(4,5)14-15)17(3)28(32-23)11-10-22-21-8-6-18-13-19(30)7-9-20(18)25(21)27(31)24(22)16(28)2;/h6,15,17,19-23,25-26,30H,7-14H2,1-5H3;1H/q+1;/p-1/t15-,17+,19-,20-,21-,22-,23+,25+,26-,28-;/m0./s1. The van der Waals surface area contributed by atoms with Crippen LogP contribution in [0.4, 0.5) is 0 Å². The molecule has 0 aromatic rings. The van der Waals surface area contributed by atoms with Crippen LogP contribution < -0.4 is 24.0 Å². The van der Waals surface area contributed by atoms with E-state index in [4.69, 9.17) is 4.74 Å². The van der Waals surface area contributed by atoms with Crippen LogP contribution in [0.3, 0.4) is 0 Å². The number of aliphatic hydroxyl groups is 1. The van der Waals surface area contributed by atoms with Crippen molar-refractivity contribution in [1.29, 1.82) is 0 Å². The maximum absolute atomic E-state index is 14.1. The summed E-state index contributed by atoms with van der Waals surface area (Å²) >= 11 is 0. The fourth-order valence-electron chi connectivity index (χ4n) is 9.84. The van der Waals surface area contributed by atoms with Gasteiger partial charge in [-0.1, -0.05) is 25.5 Å². The quantitative estimate of drug-likeness (QED) is 0.273. The number of allylic oxidation sites excluding steroid dienone is 2. The van der Waals surface area contributed by atoms with Gasteiger partial charge in [0.15, 0.2) is 5.78 Å². The minimum absolute atomic E-state index is 0. The summed E-state index contributed by atoms with van der Waals surface area (Å²) in [5.74, 6) is 2.97. The van der Waals surface area contributed by atoms with Crippen molar-refractivity contribution in [1.82, 2.24) is 0 Å². The van der Waals surface area contributed by atoms with Crippen molar-refractivity contribution in [3.63, 3.8) is 0 Å². The van der Waals surface area contributed by atoms with Crippen LogP contribution in [0.15, 0.2) is 22.8 Å². The minimum Gasteiger partial charge on any atom is -1.00 e. The summed E-state index contributed by atoms with van der Waals surface area (Å²) in [7, 11) is 4.78. The Kier molecular flexibility index (Phi) is 6.03. The van der Waals surface area contributed by atoms with Gasteiger partial charge in [0.1, 0.15) is 12.1 Å². The Hall–Kier alpha value is -0.240.